The molecule has 13 heteroatoms. The first kappa shape index (κ1) is 23.7. The Hall–Kier alpha value is -0.580. The van der Waals surface area contributed by atoms with Gasteiger partial charge in [0.25, 0.3) is 0 Å². The Morgan fingerprint density at radius 1 is 1.11 bits per heavy atom. The summed E-state index contributed by atoms with van der Waals surface area (Å²) in [5, 5.41) is 90.6. The van der Waals surface area contributed by atoms with Gasteiger partial charge in [0.05, 0.1) is 36.9 Å². The summed E-state index contributed by atoms with van der Waals surface area (Å²) in [6.45, 7) is -1.62. The van der Waals surface area contributed by atoms with Gasteiger partial charge in [-0.05, 0) is 0 Å². The molecule has 11 atom stereocenters. The van der Waals surface area contributed by atoms with Gasteiger partial charge in [-0.25, -0.2) is 0 Å². The van der Waals surface area contributed by atoms with E-state index in [0.29, 0.717) is 0 Å². The Labute approximate surface area is 164 Å². The topological polar surface area (TPSA) is 220 Å². The minimum atomic E-state index is -1.82. The van der Waals surface area contributed by atoms with E-state index in [9.17, 15) is 45.6 Å². The predicted molar refractivity (Wildman–Crippen MR) is 93.2 cm³/mol. The molecule has 12 nitrogen and oxygen atoms in total. The zero-order chi connectivity index (χ0) is 21.2. The van der Waals surface area contributed by atoms with Crippen LogP contribution >= 0.6 is 11.8 Å². The molecule has 164 valence electrons. The number of aliphatic hydroxyl groups excluding tert-OH is 8. The summed E-state index contributed by atoms with van der Waals surface area (Å²) in [6, 6.07) is -0.953. The first-order valence-corrected chi connectivity index (χ1v) is 9.74. The lowest BCUT2D eigenvalue weighted by Crippen LogP contribution is -2.64. The number of nitrogens with one attached hydrogen (secondary N) is 1. The maximum atomic E-state index is 11.0. The van der Waals surface area contributed by atoms with E-state index in [4.69, 9.17) is 9.84 Å². The molecule has 2 heterocycles. The lowest BCUT2D eigenvalue weighted by Gasteiger charge is -2.46. The third-order valence-electron chi connectivity index (χ3n) is 5.10. The van der Waals surface area contributed by atoms with Crippen LogP contribution in [0, 0.1) is 5.92 Å². The Bertz CT molecular complexity index is 526. The van der Waals surface area contributed by atoms with E-state index in [0.717, 1.165) is 11.8 Å². The Morgan fingerprint density at radius 2 is 1.75 bits per heavy atom. The number of aliphatic carboxylic acids is 1. The van der Waals surface area contributed by atoms with Crippen LogP contribution in [-0.4, -0.2) is 131 Å². The monoisotopic (exact) mass is 429 g/mol. The molecule has 28 heavy (non-hydrogen) atoms. The van der Waals surface area contributed by atoms with Crippen LogP contribution in [0.4, 0.5) is 0 Å². The number of aliphatic hydroxyl groups is 8. The highest BCUT2D eigenvalue weighted by Gasteiger charge is 2.52. The van der Waals surface area contributed by atoms with Crippen LogP contribution in [-0.2, 0) is 9.53 Å². The van der Waals surface area contributed by atoms with Gasteiger partial charge in [0, 0.05) is 11.7 Å². The number of thioether (sulfide) groups is 1. The summed E-state index contributed by atoms with van der Waals surface area (Å²) < 4.78 is 5.34. The summed E-state index contributed by atoms with van der Waals surface area (Å²) in [7, 11) is 0. The molecule has 2 aliphatic rings. The molecule has 2 fully saturated rings. The smallest absolute Gasteiger partial charge is 0.321 e. The van der Waals surface area contributed by atoms with E-state index in [1.165, 1.54) is 0 Å². The molecule has 0 amide bonds. The highest BCUT2D eigenvalue weighted by atomic mass is 32.2. The number of hydrogen-bond donors (Lipinski definition) is 10. The molecule has 0 unspecified atom stereocenters. The average Bonchev–Trinajstić information content (AvgIpc) is 3.17. The number of carbonyl (C=O) groups is 1. The van der Waals surface area contributed by atoms with Crippen LogP contribution in [0.1, 0.15) is 0 Å². The number of rotatable bonds is 8. The van der Waals surface area contributed by atoms with Crippen molar-refractivity contribution in [3.05, 3.63) is 0 Å². The number of ether oxygens (including phenoxy) is 1. The third kappa shape index (κ3) is 4.76. The Balaban J connectivity index is 2.21. The van der Waals surface area contributed by atoms with Crippen LogP contribution in [0.15, 0.2) is 0 Å². The number of carboxylic acid groups (broad SMARTS) is 1. The molecular weight excluding hydrogens is 402 g/mol. The lowest BCUT2D eigenvalue weighted by atomic mass is 9.80. The van der Waals surface area contributed by atoms with Crippen molar-refractivity contribution in [3.63, 3.8) is 0 Å². The minimum absolute atomic E-state index is 0.122. The van der Waals surface area contributed by atoms with Gasteiger partial charge in [-0.3, -0.25) is 10.1 Å². The summed E-state index contributed by atoms with van der Waals surface area (Å²) >= 11 is 1.03. The van der Waals surface area contributed by atoms with Crippen molar-refractivity contribution in [2.45, 2.75) is 60.2 Å². The van der Waals surface area contributed by atoms with Crippen molar-refractivity contribution < 1.29 is 55.5 Å². The maximum Gasteiger partial charge on any atom is 0.321 e. The zero-order valence-corrected chi connectivity index (χ0v) is 15.5. The molecule has 0 aromatic rings. The summed E-state index contributed by atoms with van der Waals surface area (Å²) in [4.78, 5) is 11.0. The van der Waals surface area contributed by atoms with E-state index >= 15 is 0 Å². The van der Waals surface area contributed by atoms with Crippen molar-refractivity contribution in [2.75, 3.05) is 19.0 Å². The fourth-order valence-electron chi connectivity index (χ4n) is 3.45. The minimum Gasteiger partial charge on any atom is -0.480 e. The molecule has 10 N–H and O–H groups in total. The standard InChI is InChI=1S/C15H27NO11S/c17-1-5(19)7(13-11(23)10(22)8(20)6(2-18)27-13)9(21)12(24)14-16-4(3-28-14)15(25)26/h4-14,16-24H,1-3H2,(H,25,26)/t4-,5-,6+,7+,8-,9+,10-,11+,12+,13-,14-/m0/s1. The molecule has 0 aliphatic carbocycles. The van der Waals surface area contributed by atoms with Crippen LogP contribution in [0.3, 0.4) is 0 Å². The summed E-state index contributed by atoms with van der Waals surface area (Å²) in [6.07, 6.45) is -13.2. The fraction of sp³-hybridized carbons (Fsp3) is 0.933. The molecule has 2 saturated heterocycles. The second-order valence-corrected chi connectivity index (χ2v) is 8.09. The SMILES string of the molecule is O=C(O)[C@@H]1CS[C@@H]([C@H](O)[C@H](O)[C@H]([C@@H]2O[C@H](CO)[C@H](O)[C@H](O)[C@H]2O)[C@@H](O)CO)N1. The van der Waals surface area contributed by atoms with Gasteiger partial charge in [0.1, 0.15) is 36.6 Å². The van der Waals surface area contributed by atoms with Crippen molar-refractivity contribution in [3.8, 4) is 0 Å². The molecule has 0 saturated carbocycles. The number of carboxylic acids is 1. The van der Waals surface area contributed by atoms with Gasteiger partial charge in [0.2, 0.25) is 0 Å². The predicted octanol–water partition coefficient (Wildman–Crippen LogP) is -5.36. The normalized spacial score (nSPS) is 40.6. The fourth-order valence-corrected chi connectivity index (χ4v) is 4.71. The molecule has 0 spiro atoms. The first-order chi connectivity index (χ1) is 13.1. The molecule has 0 aromatic carbocycles. The summed E-state index contributed by atoms with van der Waals surface area (Å²) in [5.74, 6) is -2.55. The second-order valence-electron chi connectivity index (χ2n) is 6.91. The quantitative estimate of drug-likeness (QED) is 0.174. The lowest BCUT2D eigenvalue weighted by molar-refractivity contribution is -0.261. The van der Waals surface area contributed by atoms with E-state index < -0.39 is 85.3 Å². The highest BCUT2D eigenvalue weighted by molar-refractivity contribution is 8.00. The van der Waals surface area contributed by atoms with E-state index in [2.05, 4.69) is 5.32 Å². The maximum absolute atomic E-state index is 11.0. The van der Waals surface area contributed by atoms with Gasteiger partial charge in [-0.15, -0.1) is 11.8 Å². The van der Waals surface area contributed by atoms with Crippen LogP contribution in [0.25, 0.3) is 0 Å². The van der Waals surface area contributed by atoms with Crippen LogP contribution < -0.4 is 5.32 Å². The van der Waals surface area contributed by atoms with Crippen molar-refractivity contribution in [2.24, 2.45) is 5.92 Å². The Morgan fingerprint density at radius 3 is 2.25 bits per heavy atom. The van der Waals surface area contributed by atoms with Gasteiger partial charge in [-0.1, -0.05) is 0 Å². The largest absolute Gasteiger partial charge is 0.480 e. The molecule has 0 radical (unpaired) electrons. The van der Waals surface area contributed by atoms with E-state index in [1.54, 1.807) is 0 Å². The average molecular weight is 429 g/mol. The van der Waals surface area contributed by atoms with Gasteiger partial charge in [-0.2, -0.15) is 0 Å². The molecule has 2 rings (SSSR count). The van der Waals surface area contributed by atoms with Crippen molar-refractivity contribution in [1.29, 1.82) is 0 Å². The Kier molecular flexibility index (Phi) is 8.42. The van der Waals surface area contributed by atoms with E-state index in [-0.39, 0.29) is 5.75 Å². The first-order valence-electron chi connectivity index (χ1n) is 8.70. The van der Waals surface area contributed by atoms with Gasteiger partial charge < -0.3 is 50.7 Å². The number of hydrogen-bond acceptors (Lipinski definition) is 12. The van der Waals surface area contributed by atoms with Gasteiger partial charge in [0.15, 0.2) is 0 Å². The highest BCUT2D eigenvalue weighted by Crippen LogP contribution is 2.33. The molecule has 0 aromatic heterocycles. The molecular formula is C15H27NO11S. The van der Waals surface area contributed by atoms with Crippen molar-refractivity contribution >= 4 is 17.7 Å². The van der Waals surface area contributed by atoms with Crippen LogP contribution in [0.2, 0.25) is 0 Å². The van der Waals surface area contributed by atoms with E-state index in [1.807, 2.05) is 0 Å². The zero-order valence-electron chi connectivity index (χ0n) is 14.7. The van der Waals surface area contributed by atoms with Crippen LogP contribution in [0.5, 0.6) is 0 Å². The third-order valence-corrected chi connectivity index (χ3v) is 6.40. The molecule has 2 aliphatic heterocycles. The molecule has 0 bridgehead atoms. The van der Waals surface area contributed by atoms with Gasteiger partial charge >= 0.3 is 5.97 Å². The second kappa shape index (κ2) is 9.95. The van der Waals surface area contributed by atoms with Crippen molar-refractivity contribution in [1.82, 2.24) is 5.32 Å². The summed E-state index contributed by atoms with van der Waals surface area (Å²) in [5.41, 5.74) is 0.